The molecule has 0 spiro atoms. The molecule has 1 aromatic carbocycles. The third-order valence-electron chi connectivity index (χ3n) is 3.79. The van der Waals surface area contributed by atoms with Crippen molar-refractivity contribution in [3.8, 4) is 0 Å². The summed E-state index contributed by atoms with van der Waals surface area (Å²) in [6.45, 7) is 2.17. The summed E-state index contributed by atoms with van der Waals surface area (Å²) in [6, 6.07) is 6.12. The Morgan fingerprint density at radius 3 is 2.78 bits per heavy atom. The largest absolute Gasteiger partial charge is 0.316 e. The monoisotopic (exact) mass is 303 g/mol. The molecule has 1 aromatic rings. The quantitative estimate of drug-likeness (QED) is 0.886. The number of halogens is 2. The lowest BCUT2D eigenvalue weighted by atomic mass is 9.73. The van der Waals surface area contributed by atoms with Crippen molar-refractivity contribution in [2.45, 2.75) is 24.7 Å². The van der Waals surface area contributed by atoms with Crippen LogP contribution >= 0.6 is 35.0 Å². The fraction of sp³-hybridized carbons (Fsp3) is 0.571. The third kappa shape index (κ3) is 3.16. The third-order valence-corrected chi connectivity index (χ3v) is 5.14. The van der Waals surface area contributed by atoms with Crippen LogP contribution in [0.4, 0.5) is 0 Å². The van der Waals surface area contributed by atoms with Gasteiger partial charge in [-0.3, -0.25) is 0 Å². The number of thioether (sulfide) groups is 1. The molecule has 1 fully saturated rings. The van der Waals surface area contributed by atoms with Gasteiger partial charge in [0.15, 0.2) is 0 Å². The first-order valence-electron chi connectivity index (χ1n) is 6.33. The number of piperidine rings is 1. The molecule has 1 heterocycles. The molecule has 0 aromatic heterocycles. The van der Waals surface area contributed by atoms with E-state index in [-0.39, 0.29) is 5.41 Å². The Balaban J connectivity index is 2.29. The smallest absolute Gasteiger partial charge is 0.0595 e. The Kier molecular flexibility index (Phi) is 5.25. The van der Waals surface area contributed by atoms with Crippen LogP contribution in [0.25, 0.3) is 0 Å². The van der Waals surface area contributed by atoms with Gasteiger partial charge in [0.2, 0.25) is 0 Å². The van der Waals surface area contributed by atoms with Crippen molar-refractivity contribution in [3.63, 3.8) is 0 Å². The van der Waals surface area contributed by atoms with E-state index < -0.39 is 0 Å². The van der Waals surface area contributed by atoms with Gasteiger partial charge in [0.05, 0.1) is 10.0 Å². The molecule has 18 heavy (non-hydrogen) atoms. The maximum atomic E-state index is 6.17. The zero-order chi connectivity index (χ0) is 13.0. The van der Waals surface area contributed by atoms with E-state index in [1.165, 1.54) is 30.6 Å². The van der Waals surface area contributed by atoms with Gasteiger partial charge in [0, 0.05) is 12.0 Å². The fourth-order valence-electron chi connectivity index (χ4n) is 2.70. The summed E-state index contributed by atoms with van der Waals surface area (Å²) in [4.78, 5) is 0. The molecule has 1 saturated heterocycles. The summed E-state index contributed by atoms with van der Waals surface area (Å²) >= 11 is 14.1. The zero-order valence-electron chi connectivity index (χ0n) is 10.6. The van der Waals surface area contributed by atoms with Crippen molar-refractivity contribution in [1.82, 2.24) is 5.32 Å². The predicted octanol–water partition coefficient (Wildman–Crippen LogP) is 4.37. The lowest BCUT2D eigenvalue weighted by Gasteiger charge is -2.38. The van der Waals surface area contributed by atoms with Crippen LogP contribution in [0.5, 0.6) is 0 Å². The SMILES string of the molecule is CSCC[C@]1(c2ccc(Cl)c(Cl)c2)CCCNC1. The summed E-state index contributed by atoms with van der Waals surface area (Å²) in [5, 5.41) is 4.84. The molecule has 0 bridgehead atoms. The Morgan fingerprint density at radius 1 is 1.33 bits per heavy atom. The molecule has 1 aliphatic heterocycles. The maximum Gasteiger partial charge on any atom is 0.0595 e. The maximum absolute atomic E-state index is 6.17. The van der Waals surface area contributed by atoms with Crippen molar-refractivity contribution in [1.29, 1.82) is 0 Å². The summed E-state index contributed by atoms with van der Waals surface area (Å²) in [5.74, 6) is 1.18. The van der Waals surface area contributed by atoms with E-state index in [4.69, 9.17) is 23.2 Å². The number of hydrogen-bond donors (Lipinski definition) is 1. The first-order chi connectivity index (χ1) is 8.68. The molecule has 0 amide bonds. The van der Waals surface area contributed by atoms with Crippen LogP contribution in [-0.2, 0) is 5.41 Å². The van der Waals surface area contributed by atoms with Crippen LogP contribution in [0.1, 0.15) is 24.8 Å². The normalized spacial score (nSPS) is 24.2. The molecule has 4 heteroatoms. The van der Waals surface area contributed by atoms with Gasteiger partial charge in [0.1, 0.15) is 0 Å². The lowest BCUT2D eigenvalue weighted by molar-refractivity contribution is 0.305. The Bertz CT molecular complexity index is 403. The fourth-order valence-corrected chi connectivity index (χ4v) is 3.59. The molecule has 0 aliphatic carbocycles. The van der Waals surface area contributed by atoms with E-state index in [2.05, 4.69) is 23.7 Å². The van der Waals surface area contributed by atoms with E-state index in [0.29, 0.717) is 10.0 Å². The van der Waals surface area contributed by atoms with Gasteiger partial charge in [-0.1, -0.05) is 29.3 Å². The second kappa shape index (κ2) is 6.51. The number of rotatable bonds is 4. The minimum Gasteiger partial charge on any atom is -0.316 e. The van der Waals surface area contributed by atoms with Crippen LogP contribution in [0.3, 0.4) is 0 Å². The summed E-state index contributed by atoms with van der Waals surface area (Å²) < 4.78 is 0. The predicted molar refractivity (Wildman–Crippen MR) is 83.2 cm³/mol. The lowest BCUT2D eigenvalue weighted by Crippen LogP contribution is -2.43. The molecular formula is C14H19Cl2NS. The minimum absolute atomic E-state index is 0.232. The van der Waals surface area contributed by atoms with E-state index in [9.17, 15) is 0 Å². The van der Waals surface area contributed by atoms with Crippen LogP contribution in [0.15, 0.2) is 18.2 Å². The van der Waals surface area contributed by atoms with Gasteiger partial charge < -0.3 is 5.32 Å². The Morgan fingerprint density at radius 2 is 2.17 bits per heavy atom. The van der Waals surface area contributed by atoms with Crippen LogP contribution < -0.4 is 5.32 Å². The number of hydrogen-bond acceptors (Lipinski definition) is 2. The van der Waals surface area contributed by atoms with Crippen molar-refractivity contribution >= 4 is 35.0 Å². The van der Waals surface area contributed by atoms with Gasteiger partial charge in [-0.05, 0) is 55.5 Å². The van der Waals surface area contributed by atoms with Crippen LogP contribution in [0, 0.1) is 0 Å². The van der Waals surface area contributed by atoms with Crippen molar-refractivity contribution in [2.75, 3.05) is 25.1 Å². The van der Waals surface area contributed by atoms with Gasteiger partial charge in [-0.25, -0.2) is 0 Å². The first kappa shape index (κ1) is 14.5. The van der Waals surface area contributed by atoms with Gasteiger partial charge in [0.25, 0.3) is 0 Å². The van der Waals surface area contributed by atoms with Crippen molar-refractivity contribution < 1.29 is 0 Å². The molecule has 1 atom stereocenters. The van der Waals surface area contributed by atoms with Gasteiger partial charge in [-0.15, -0.1) is 0 Å². The van der Waals surface area contributed by atoms with E-state index >= 15 is 0 Å². The van der Waals surface area contributed by atoms with E-state index in [0.717, 1.165) is 13.1 Å². The van der Waals surface area contributed by atoms with Crippen molar-refractivity contribution in [2.24, 2.45) is 0 Å². The highest BCUT2D eigenvalue weighted by Gasteiger charge is 2.33. The Hall–Kier alpha value is 0.110. The first-order valence-corrected chi connectivity index (χ1v) is 8.48. The minimum atomic E-state index is 0.232. The summed E-state index contributed by atoms with van der Waals surface area (Å²) in [5.41, 5.74) is 1.56. The highest BCUT2D eigenvalue weighted by atomic mass is 35.5. The molecule has 100 valence electrons. The molecule has 1 N–H and O–H groups in total. The molecule has 1 aliphatic rings. The molecule has 0 unspecified atom stereocenters. The average Bonchev–Trinajstić information content (AvgIpc) is 2.40. The highest BCUT2D eigenvalue weighted by Crippen LogP contribution is 2.38. The number of nitrogens with one attached hydrogen (secondary N) is 1. The molecule has 0 radical (unpaired) electrons. The molecular weight excluding hydrogens is 285 g/mol. The standard InChI is InChI=1S/C14H19Cl2NS/c1-18-8-6-14(5-2-7-17-10-14)11-3-4-12(15)13(16)9-11/h3-4,9,17H,2,5-8,10H2,1H3/t14-/m1/s1. The summed E-state index contributed by atoms with van der Waals surface area (Å²) in [6.07, 6.45) is 5.82. The number of benzene rings is 1. The van der Waals surface area contributed by atoms with Gasteiger partial charge >= 0.3 is 0 Å². The van der Waals surface area contributed by atoms with Crippen molar-refractivity contribution in [3.05, 3.63) is 33.8 Å². The van der Waals surface area contributed by atoms with E-state index in [1.807, 2.05) is 17.8 Å². The van der Waals surface area contributed by atoms with Crippen LogP contribution in [-0.4, -0.2) is 25.1 Å². The molecule has 2 rings (SSSR count). The second-order valence-corrected chi connectivity index (χ2v) is 6.73. The van der Waals surface area contributed by atoms with Crippen LogP contribution in [0.2, 0.25) is 10.0 Å². The molecule has 1 nitrogen and oxygen atoms in total. The van der Waals surface area contributed by atoms with Gasteiger partial charge in [-0.2, -0.15) is 11.8 Å². The second-order valence-electron chi connectivity index (χ2n) is 4.93. The Labute approximate surface area is 124 Å². The highest BCUT2D eigenvalue weighted by molar-refractivity contribution is 7.98. The average molecular weight is 304 g/mol. The molecule has 0 saturated carbocycles. The zero-order valence-corrected chi connectivity index (χ0v) is 13.0. The topological polar surface area (TPSA) is 12.0 Å². The van der Waals surface area contributed by atoms with E-state index in [1.54, 1.807) is 0 Å². The summed E-state index contributed by atoms with van der Waals surface area (Å²) in [7, 11) is 0.